The van der Waals surface area contributed by atoms with E-state index in [0.717, 1.165) is 4.88 Å². The number of aryl methyl sites for hydroxylation is 1. The predicted octanol–water partition coefficient (Wildman–Crippen LogP) is 4.59. The number of carbonyl (C=O) groups excluding carboxylic acids is 1. The Kier molecular flexibility index (Phi) is 3.33. The highest BCUT2D eigenvalue weighted by molar-refractivity contribution is 7.10. The number of ketones is 1. The second-order valence-electron chi connectivity index (χ2n) is 3.40. The first-order valence-electron chi connectivity index (χ1n) is 4.63. The van der Waals surface area contributed by atoms with Crippen molar-refractivity contribution >= 4 is 40.3 Å². The smallest absolute Gasteiger partial charge is 0.193 e. The molecule has 0 bridgehead atoms. The molecular weight excluding hydrogens is 263 g/mol. The van der Waals surface area contributed by atoms with Crippen LogP contribution in [0.4, 0.5) is 0 Å². The lowest BCUT2D eigenvalue weighted by atomic mass is 10.1. The highest BCUT2D eigenvalue weighted by atomic mass is 35.5. The van der Waals surface area contributed by atoms with E-state index in [4.69, 9.17) is 23.2 Å². The Morgan fingerprint density at radius 3 is 2.44 bits per heavy atom. The van der Waals surface area contributed by atoms with Crippen LogP contribution in [0.15, 0.2) is 29.6 Å². The molecule has 2 aromatic rings. The number of carbonyl (C=O) groups is 1. The van der Waals surface area contributed by atoms with Crippen LogP contribution in [0, 0.1) is 6.92 Å². The third-order valence-corrected chi connectivity index (χ3v) is 3.77. The van der Waals surface area contributed by atoms with Crippen LogP contribution in [0.25, 0.3) is 0 Å². The van der Waals surface area contributed by atoms with E-state index in [-0.39, 0.29) is 5.78 Å². The summed E-state index contributed by atoms with van der Waals surface area (Å²) >= 11 is 13.2. The van der Waals surface area contributed by atoms with Crippen LogP contribution < -0.4 is 0 Å². The molecule has 1 aromatic carbocycles. The second-order valence-corrected chi connectivity index (χ2v) is 5.33. The van der Waals surface area contributed by atoms with Gasteiger partial charge in [-0.05, 0) is 31.2 Å². The summed E-state index contributed by atoms with van der Waals surface area (Å²) in [6.45, 7) is 1.97. The van der Waals surface area contributed by atoms with Crippen molar-refractivity contribution in [2.75, 3.05) is 0 Å². The van der Waals surface area contributed by atoms with E-state index >= 15 is 0 Å². The molecule has 1 nitrogen and oxygen atoms in total. The standard InChI is InChI=1S/C12H8Cl2OS/c1-7-4-9(6-16-7)12(15)8-2-3-10(13)11(14)5-8/h2-6H,1H3. The van der Waals surface area contributed by atoms with E-state index in [1.54, 1.807) is 29.5 Å². The average Bonchev–Trinajstić information content (AvgIpc) is 2.68. The maximum absolute atomic E-state index is 12.0. The summed E-state index contributed by atoms with van der Waals surface area (Å²) in [6.07, 6.45) is 0. The first kappa shape index (κ1) is 11.6. The number of rotatable bonds is 2. The van der Waals surface area contributed by atoms with Gasteiger partial charge in [-0.1, -0.05) is 23.2 Å². The van der Waals surface area contributed by atoms with Gasteiger partial charge >= 0.3 is 0 Å². The molecule has 0 aliphatic rings. The van der Waals surface area contributed by atoms with Crippen LogP contribution in [0.5, 0.6) is 0 Å². The lowest BCUT2D eigenvalue weighted by molar-refractivity contribution is 0.103. The topological polar surface area (TPSA) is 17.1 Å². The molecule has 0 saturated carbocycles. The molecule has 82 valence electrons. The van der Waals surface area contributed by atoms with Crippen molar-refractivity contribution < 1.29 is 4.79 Å². The van der Waals surface area contributed by atoms with Gasteiger partial charge in [0.1, 0.15) is 0 Å². The summed E-state index contributed by atoms with van der Waals surface area (Å²) in [6, 6.07) is 6.79. The SMILES string of the molecule is Cc1cc(C(=O)c2ccc(Cl)c(Cl)c2)cs1. The summed E-state index contributed by atoms with van der Waals surface area (Å²) < 4.78 is 0. The van der Waals surface area contributed by atoms with Gasteiger partial charge in [-0.2, -0.15) is 0 Å². The minimum absolute atomic E-state index is 0.0251. The lowest BCUT2D eigenvalue weighted by Crippen LogP contribution is -1.99. The van der Waals surface area contributed by atoms with Gasteiger partial charge < -0.3 is 0 Å². The van der Waals surface area contributed by atoms with Crippen molar-refractivity contribution in [1.29, 1.82) is 0 Å². The summed E-state index contributed by atoms with van der Waals surface area (Å²) in [5, 5.41) is 2.71. The minimum atomic E-state index is -0.0251. The van der Waals surface area contributed by atoms with Gasteiger partial charge in [0.15, 0.2) is 5.78 Å². The Labute approximate surface area is 108 Å². The van der Waals surface area contributed by atoms with Gasteiger partial charge in [-0.3, -0.25) is 4.79 Å². The molecule has 1 heterocycles. The molecular formula is C12H8Cl2OS. The molecule has 0 fully saturated rings. The van der Waals surface area contributed by atoms with Crippen molar-refractivity contribution in [3.8, 4) is 0 Å². The monoisotopic (exact) mass is 270 g/mol. The first-order valence-corrected chi connectivity index (χ1v) is 6.26. The van der Waals surface area contributed by atoms with Crippen molar-refractivity contribution in [2.45, 2.75) is 6.92 Å². The maximum Gasteiger partial charge on any atom is 0.193 e. The third kappa shape index (κ3) is 2.29. The molecule has 0 aliphatic carbocycles. The molecule has 0 saturated heterocycles. The zero-order chi connectivity index (χ0) is 11.7. The van der Waals surface area contributed by atoms with Crippen LogP contribution in [-0.4, -0.2) is 5.78 Å². The zero-order valence-electron chi connectivity index (χ0n) is 8.46. The molecule has 16 heavy (non-hydrogen) atoms. The van der Waals surface area contributed by atoms with Gasteiger partial charge in [-0.15, -0.1) is 11.3 Å². The number of benzene rings is 1. The Morgan fingerprint density at radius 1 is 1.12 bits per heavy atom. The summed E-state index contributed by atoms with van der Waals surface area (Å²) in [4.78, 5) is 13.1. The predicted molar refractivity (Wildman–Crippen MR) is 69.0 cm³/mol. The number of hydrogen-bond donors (Lipinski definition) is 0. The van der Waals surface area contributed by atoms with E-state index in [2.05, 4.69) is 0 Å². The molecule has 0 unspecified atom stereocenters. The fourth-order valence-corrected chi connectivity index (χ4v) is 2.35. The van der Waals surface area contributed by atoms with Gasteiger partial charge in [-0.25, -0.2) is 0 Å². The molecule has 2 rings (SSSR count). The van der Waals surface area contributed by atoms with Gasteiger partial charge in [0.25, 0.3) is 0 Å². The van der Waals surface area contributed by atoms with Crippen LogP contribution in [0.1, 0.15) is 20.8 Å². The van der Waals surface area contributed by atoms with E-state index in [1.165, 1.54) is 0 Å². The summed E-state index contributed by atoms with van der Waals surface area (Å²) in [7, 11) is 0. The molecule has 0 spiro atoms. The highest BCUT2D eigenvalue weighted by Crippen LogP contribution is 2.24. The second kappa shape index (κ2) is 4.58. The highest BCUT2D eigenvalue weighted by Gasteiger charge is 2.11. The quantitative estimate of drug-likeness (QED) is 0.730. The number of halogens is 2. The van der Waals surface area contributed by atoms with Crippen molar-refractivity contribution in [1.82, 2.24) is 0 Å². The fourth-order valence-electron chi connectivity index (χ4n) is 1.37. The summed E-state index contributed by atoms with van der Waals surface area (Å²) in [5.74, 6) is -0.0251. The van der Waals surface area contributed by atoms with Gasteiger partial charge in [0.05, 0.1) is 10.0 Å². The molecule has 0 aliphatic heterocycles. The largest absolute Gasteiger partial charge is 0.289 e. The Bertz CT molecular complexity index is 546. The molecule has 0 N–H and O–H groups in total. The summed E-state index contributed by atoms with van der Waals surface area (Å²) in [5.41, 5.74) is 1.26. The van der Waals surface area contributed by atoms with Crippen LogP contribution in [-0.2, 0) is 0 Å². The van der Waals surface area contributed by atoms with Gasteiger partial charge in [0.2, 0.25) is 0 Å². The molecule has 1 aromatic heterocycles. The van der Waals surface area contributed by atoms with Gasteiger partial charge in [0, 0.05) is 21.4 Å². The number of hydrogen-bond acceptors (Lipinski definition) is 2. The van der Waals surface area contributed by atoms with Crippen LogP contribution >= 0.6 is 34.5 Å². The van der Waals surface area contributed by atoms with E-state index in [9.17, 15) is 4.79 Å². The first-order chi connectivity index (χ1) is 7.58. The van der Waals surface area contributed by atoms with E-state index < -0.39 is 0 Å². The molecule has 0 radical (unpaired) electrons. The Morgan fingerprint density at radius 2 is 1.88 bits per heavy atom. The normalized spacial score (nSPS) is 10.4. The average molecular weight is 271 g/mol. The van der Waals surface area contributed by atoms with Crippen molar-refractivity contribution in [3.05, 3.63) is 55.7 Å². The maximum atomic E-state index is 12.0. The molecule has 4 heteroatoms. The fraction of sp³-hybridized carbons (Fsp3) is 0.0833. The number of thiophene rings is 1. The Hall–Kier alpha value is -0.830. The van der Waals surface area contributed by atoms with E-state index in [1.807, 2.05) is 18.4 Å². The van der Waals surface area contributed by atoms with Crippen LogP contribution in [0.2, 0.25) is 10.0 Å². The molecule has 0 atom stereocenters. The Balaban J connectivity index is 2.38. The van der Waals surface area contributed by atoms with Crippen LogP contribution in [0.3, 0.4) is 0 Å². The zero-order valence-corrected chi connectivity index (χ0v) is 10.8. The van der Waals surface area contributed by atoms with Crippen molar-refractivity contribution in [2.24, 2.45) is 0 Å². The van der Waals surface area contributed by atoms with Crippen molar-refractivity contribution in [3.63, 3.8) is 0 Å². The lowest BCUT2D eigenvalue weighted by Gasteiger charge is -2.00. The minimum Gasteiger partial charge on any atom is -0.289 e. The molecule has 0 amide bonds. The third-order valence-electron chi connectivity index (χ3n) is 2.17. The van der Waals surface area contributed by atoms with E-state index in [0.29, 0.717) is 21.2 Å².